The van der Waals surface area contributed by atoms with E-state index in [1.807, 2.05) is 6.92 Å². The highest BCUT2D eigenvalue weighted by Crippen LogP contribution is 2.39. The van der Waals surface area contributed by atoms with Gasteiger partial charge in [0.1, 0.15) is 4.90 Å². The molecule has 0 saturated carbocycles. The molecule has 2 aliphatic carbocycles. The highest BCUT2D eigenvalue weighted by Gasteiger charge is 2.28. The Morgan fingerprint density at radius 2 is 1.97 bits per heavy atom. The molecule has 3 N–H and O–H groups in total. The van der Waals surface area contributed by atoms with Crippen LogP contribution in [0.1, 0.15) is 54.5 Å². The molecule has 2 heterocycles. The van der Waals surface area contributed by atoms with E-state index in [1.54, 1.807) is 4.68 Å². The van der Waals surface area contributed by atoms with E-state index in [0.717, 1.165) is 50.6 Å². The van der Waals surface area contributed by atoms with Gasteiger partial charge in [0.25, 0.3) is 0 Å². The van der Waals surface area contributed by atoms with Gasteiger partial charge in [-0.15, -0.1) is 4.36 Å². The first-order chi connectivity index (χ1) is 13.9. The molecule has 0 saturated heterocycles. The first kappa shape index (κ1) is 18.6. The van der Waals surface area contributed by atoms with Gasteiger partial charge in [-0.25, -0.2) is 18.8 Å². The minimum absolute atomic E-state index is 0.117. The Morgan fingerprint density at radius 1 is 1.28 bits per heavy atom. The van der Waals surface area contributed by atoms with Crippen molar-refractivity contribution in [3.63, 3.8) is 0 Å². The fourth-order valence-corrected chi connectivity index (χ4v) is 5.70. The van der Waals surface area contributed by atoms with Crippen LogP contribution in [0.5, 0.6) is 5.88 Å². The van der Waals surface area contributed by atoms with Crippen LogP contribution < -0.4 is 15.2 Å². The maximum Gasteiger partial charge on any atom is 0.354 e. The number of fused-ring (bicyclic) bond motifs is 3. The fraction of sp³-hybridized carbons (Fsp3) is 0.500. The molecule has 1 aromatic heterocycles. The zero-order valence-electron chi connectivity index (χ0n) is 16.4. The Kier molecular flexibility index (Phi) is 4.40. The molecule has 2 atom stereocenters. The molecule has 5 rings (SSSR count). The number of hydrogen-bond acceptors (Lipinski definition) is 4. The second-order valence-electron chi connectivity index (χ2n) is 8.07. The molecule has 0 bridgehead atoms. The molecule has 1 unspecified atom stereocenters. The van der Waals surface area contributed by atoms with Crippen molar-refractivity contribution < 1.29 is 13.7 Å². The smallest absolute Gasteiger partial charge is 0.354 e. The maximum atomic E-state index is 13.1. The topological polar surface area (TPSA) is 112 Å². The minimum Gasteiger partial charge on any atom is -0.477 e. The third-order valence-corrected chi connectivity index (χ3v) is 7.50. The van der Waals surface area contributed by atoms with Gasteiger partial charge in [-0.3, -0.25) is 0 Å². The van der Waals surface area contributed by atoms with Crippen LogP contribution in [0.2, 0.25) is 0 Å². The van der Waals surface area contributed by atoms with Crippen LogP contribution in [0.4, 0.5) is 10.5 Å². The minimum atomic E-state index is -3.47. The summed E-state index contributed by atoms with van der Waals surface area (Å²) in [5.74, 6) is 0.342. The van der Waals surface area contributed by atoms with Gasteiger partial charge in [-0.05, 0) is 67.7 Å². The number of amides is 2. The number of hydrogen-bond donors (Lipinski definition) is 2. The van der Waals surface area contributed by atoms with Gasteiger partial charge in [0.05, 0.1) is 18.8 Å². The lowest BCUT2D eigenvalue weighted by atomic mass is 9.99. The third-order valence-electron chi connectivity index (χ3n) is 6.15. The molecule has 9 heteroatoms. The normalized spacial score (nSPS) is 21.5. The molecule has 8 nitrogen and oxygen atoms in total. The average molecular weight is 416 g/mol. The first-order valence-corrected chi connectivity index (χ1v) is 11.7. The summed E-state index contributed by atoms with van der Waals surface area (Å²) in [6, 6.07) is 1.73. The van der Waals surface area contributed by atoms with E-state index < -0.39 is 15.9 Å². The molecule has 2 aromatic rings. The second-order valence-corrected chi connectivity index (χ2v) is 9.83. The summed E-state index contributed by atoms with van der Waals surface area (Å²) in [4.78, 5) is 12.9. The lowest BCUT2D eigenvalue weighted by Gasteiger charge is -2.22. The summed E-state index contributed by atoms with van der Waals surface area (Å²) in [5, 5.41) is 13.1. The summed E-state index contributed by atoms with van der Waals surface area (Å²) >= 11 is 0. The second kappa shape index (κ2) is 6.84. The molecule has 1 aromatic carbocycles. The van der Waals surface area contributed by atoms with Crippen LogP contribution in [0.15, 0.2) is 21.5 Å². The number of ether oxygens (including phenoxy) is 1. The van der Waals surface area contributed by atoms with E-state index in [1.165, 1.54) is 28.5 Å². The van der Waals surface area contributed by atoms with Crippen LogP contribution in [0, 0.1) is 0 Å². The number of aromatic nitrogens is 2. The predicted molar refractivity (Wildman–Crippen MR) is 110 cm³/mol. The van der Waals surface area contributed by atoms with Crippen LogP contribution in [-0.4, -0.2) is 26.6 Å². The summed E-state index contributed by atoms with van der Waals surface area (Å²) in [6.45, 7) is 2.49. The molecular formula is C20H25N5O3S. The fourth-order valence-electron chi connectivity index (χ4n) is 4.70. The summed E-state index contributed by atoms with van der Waals surface area (Å²) in [5.41, 5.74) is 5.86. The monoisotopic (exact) mass is 415 g/mol. The van der Waals surface area contributed by atoms with Crippen molar-refractivity contribution in [2.45, 2.75) is 62.8 Å². The van der Waals surface area contributed by atoms with E-state index in [2.05, 4.69) is 20.8 Å². The van der Waals surface area contributed by atoms with Crippen molar-refractivity contribution in [3.05, 3.63) is 34.5 Å². The maximum absolute atomic E-state index is 13.1. The van der Waals surface area contributed by atoms with Crippen LogP contribution in [0.3, 0.4) is 0 Å². The van der Waals surface area contributed by atoms with E-state index in [0.29, 0.717) is 12.5 Å². The number of urea groups is 1. The SMILES string of the molecule is C[C@H]1CCOc2c(S(N)(=O)=NC(=O)Nc3c4c(cc5c3CCC5)CCC4)cnn21. The van der Waals surface area contributed by atoms with Gasteiger partial charge in [-0.1, -0.05) is 6.07 Å². The summed E-state index contributed by atoms with van der Waals surface area (Å²) < 4.78 is 24.2. The van der Waals surface area contributed by atoms with Crippen molar-refractivity contribution in [1.82, 2.24) is 9.78 Å². The molecule has 3 aliphatic rings. The van der Waals surface area contributed by atoms with Gasteiger partial charge in [0, 0.05) is 12.1 Å². The largest absolute Gasteiger partial charge is 0.477 e. The van der Waals surface area contributed by atoms with E-state index in [-0.39, 0.29) is 10.9 Å². The van der Waals surface area contributed by atoms with Gasteiger partial charge in [0.15, 0.2) is 9.92 Å². The van der Waals surface area contributed by atoms with Crippen LogP contribution >= 0.6 is 0 Å². The van der Waals surface area contributed by atoms with Gasteiger partial charge in [0.2, 0.25) is 5.88 Å². The van der Waals surface area contributed by atoms with E-state index >= 15 is 0 Å². The number of carbonyl (C=O) groups is 1. The van der Waals surface area contributed by atoms with Gasteiger partial charge < -0.3 is 10.1 Å². The number of nitrogens with zero attached hydrogens (tertiary/aromatic N) is 3. The Hall–Kier alpha value is -2.39. The highest BCUT2D eigenvalue weighted by molar-refractivity contribution is 7.91. The number of aryl methyl sites for hydroxylation is 2. The summed E-state index contributed by atoms with van der Waals surface area (Å²) in [6.07, 6.45) is 8.34. The third kappa shape index (κ3) is 3.12. The van der Waals surface area contributed by atoms with E-state index in [9.17, 15) is 9.00 Å². The standard InChI is InChI=1S/C20H25N5O3S/c1-12-8-9-28-19-17(11-22-25(12)19)29(21,27)24-20(26)23-18-15-6-2-4-13(15)10-14-5-3-7-16(14)18/h10-12H,2-9H2,1H3,(H3,21,23,24,26,27)/t12-,29?/m0/s1. The van der Waals surface area contributed by atoms with Crippen molar-refractivity contribution in [1.29, 1.82) is 0 Å². The average Bonchev–Trinajstić information content (AvgIpc) is 3.40. The zero-order valence-corrected chi connectivity index (χ0v) is 17.3. The molecule has 1 aliphatic heterocycles. The Bertz CT molecular complexity index is 1100. The lowest BCUT2D eigenvalue weighted by Crippen LogP contribution is -2.22. The number of nitrogens with one attached hydrogen (secondary N) is 1. The van der Waals surface area contributed by atoms with Crippen LogP contribution in [-0.2, 0) is 35.6 Å². The Balaban J connectivity index is 1.49. The van der Waals surface area contributed by atoms with Crippen LogP contribution in [0.25, 0.3) is 0 Å². The lowest BCUT2D eigenvalue weighted by molar-refractivity contribution is 0.196. The number of carbonyl (C=O) groups excluding carboxylic acids is 1. The van der Waals surface area contributed by atoms with Crippen molar-refractivity contribution in [3.8, 4) is 5.88 Å². The van der Waals surface area contributed by atoms with Gasteiger partial charge in [-0.2, -0.15) is 5.10 Å². The zero-order chi connectivity index (χ0) is 20.2. The molecule has 0 fully saturated rings. The number of anilines is 1. The number of nitrogens with two attached hydrogens (primary N) is 1. The van der Waals surface area contributed by atoms with Crippen molar-refractivity contribution in [2.75, 3.05) is 11.9 Å². The first-order valence-electron chi connectivity index (χ1n) is 10.2. The predicted octanol–water partition coefficient (Wildman–Crippen LogP) is 3.14. The van der Waals surface area contributed by atoms with Crippen molar-refractivity contribution >= 4 is 21.6 Å². The van der Waals surface area contributed by atoms with Gasteiger partial charge >= 0.3 is 6.03 Å². The summed E-state index contributed by atoms with van der Waals surface area (Å²) in [7, 11) is -3.47. The molecule has 2 amide bonds. The molecular weight excluding hydrogens is 390 g/mol. The molecule has 154 valence electrons. The molecule has 0 spiro atoms. The highest BCUT2D eigenvalue weighted by atomic mass is 32.2. The van der Waals surface area contributed by atoms with Crippen molar-refractivity contribution in [2.24, 2.45) is 9.50 Å². The molecule has 0 radical (unpaired) electrons. The number of rotatable bonds is 2. The quantitative estimate of drug-likeness (QED) is 0.785. The Morgan fingerprint density at radius 3 is 2.66 bits per heavy atom. The molecule has 29 heavy (non-hydrogen) atoms. The number of benzene rings is 1. The van der Waals surface area contributed by atoms with E-state index in [4.69, 9.17) is 9.88 Å². The Labute approximate surface area is 170 Å².